The lowest BCUT2D eigenvalue weighted by Crippen LogP contribution is -3.14. The average molecular weight is 416 g/mol. The Balaban J connectivity index is 1.69. The van der Waals surface area contributed by atoms with Crippen LogP contribution in [-0.4, -0.2) is 53.6 Å². The van der Waals surface area contributed by atoms with Gasteiger partial charge in [-0.1, -0.05) is 0 Å². The fourth-order valence-corrected chi connectivity index (χ4v) is 4.83. The Morgan fingerprint density at radius 3 is 2.43 bits per heavy atom. The maximum atomic E-state index is 13.9. The monoisotopic (exact) mass is 416 g/mol. The highest BCUT2D eigenvalue weighted by Crippen LogP contribution is 2.22. The number of rotatable bonds is 5. The molecule has 0 radical (unpaired) electrons. The van der Waals surface area contributed by atoms with Gasteiger partial charge in [0.15, 0.2) is 6.67 Å². The Kier molecular flexibility index (Phi) is 5.46. The zero-order valence-electron chi connectivity index (χ0n) is 15.4. The molecule has 3 rings (SSSR count). The largest absolute Gasteiger partial charge is 0.314 e. The quantitative estimate of drug-likeness (QED) is 0.555. The number of hydrogen-bond donors (Lipinski definition) is 1. The fraction of sp³-hybridized carbons (Fsp3) is 0.438. The predicted octanol–water partition coefficient (Wildman–Crippen LogP) is 0.233. The number of nitrogens with one attached hydrogen (secondary N) is 1. The van der Waals surface area contributed by atoms with Crippen molar-refractivity contribution in [3.8, 4) is 0 Å². The molecule has 0 saturated carbocycles. The summed E-state index contributed by atoms with van der Waals surface area (Å²) in [7, 11) is -4.06. The Morgan fingerprint density at radius 2 is 1.89 bits per heavy atom. The molecule has 12 heteroatoms. The van der Waals surface area contributed by atoms with Crippen molar-refractivity contribution >= 4 is 15.7 Å². The second kappa shape index (κ2) is 7.53. The van der Waals surface area contributed by atoms with Crippen molar-refractivity contribution in [2.24, 2.45) is 0 Å². The molecular formula is C16H20F2N5O4S+. The Bertz CT molecular complexity index is 1020. The van der Waals surface area contributed by atoms with Crippen LogP contribution in [0.3, 0.4) is 0 Å². The minimum Gasteiger partial charge on any atom is -0.314 e. The molecule has 1 fully saturated rings. The smallest absolute Gasteiger partial charge is 0.312 e. The van der Waals surface area contributed by atoms with Crippen molar-refractivity contribution < 1.29 is 27.0 Å². The van der Waals surface area contributed by atoms with Gasteiger partial charge in [0.2, 0.25) is 10.0 Å². The summed E-state index contributed by atoms with van der Waals surface area (Å²) in [5.41, 5.74) is 0.751. The third kappa shape index (κ3) is 3.75. The normalized spacial score (nSPS) is 16.4. The fourth-order valence-electron chi connectivity index (χ4n) is 3.34. The van der Waals surface area contributed by atoms with Crippen molar-refractivity contribution in [3.63, 3.8) is 0 Å². The molecule has 9 nitrogen and oxygen atoms in total. The van der Waals surface area contributed by atoms with Crippen LogP contribution in [0.15, 0.2) is 23.1 Å². The molecule has 2 heterocycles. The van der Waals surface area contributed by atoms with E-state index in [4.69, 9.17) is 0 Å². The minimum atomic E-state index is -4.06. The van der Waals surface area contributed by atoms with Crippen molar-refractivity contribution in [1.29, 1.82) is 0 Å². The molecule has 0 spiro atoms. The molecule has 0 atom stereocenters. The Morgan fingerprint density at radius 1 is 1.25 bits per heavy atom. The van der Waals surface area contributed by atoms with Gasteiger partial charge in [-0.2, -0.15) is 9.40 Å². The maximum Gasteiger partial charge on any atom is 0.312 e. The van der Waals surface area contributed by atoms with Gasteiger partial charge in [0.05, 0.1) is 31.1 Å². The van der Waals surface area contributed by atoms with Crippen LogP contribution in [0.2, 0.25) is 0 Å². The summed E-state index contributed by atoms with van der Waals surface area (Å²) >= 11 is 0. The van der Waals surface area contributed by atoms with Gasteiger partial charge in [0, 0.05) is 6.07 Å². The zero-order valence-corrected chi connectivity index (χ0v) is 16.2. The molecule has 0 unspecified atom stereocenters. The van der Waals surface area contributed by atoms with Gasteiger partial charge in [0.25, 0.3) is 0 Å². The maximum absolute atomic E-state index is 13.9. The van der Waals surface area contributed by atoms with Crippen LogP contribution in [0.1, 0.15) is 11.4 Å². The molecule has 1 aromatic heterocycles. The van der Waals surface area contributed by atoms with Crippen molar-refractivity contribution in [2.75, 3.05) is 26.2 Å². The number of aryl methyl sites for hydroxylation is 1. The summed E-state index contributed by atoms with van der Waals surface area (Å²) in [4.78, 5) is 11.1. The first-order valence-corrected chi connectivity index (χ1v) is 10.0. The molecule has 1 saturated heterocycles. The minimum absolute atomic E-state index is 0.0209. The standard InChI is InChI=1S/C16H19F2N5O4S/c1-11-16(23(24)25)12(2)22(19-11)10-20-5-7-21(8-6-20)28(26,27)15-4-3-13(17)9-14(15)18/h3-4,9H,5-8,10H2,1-2H3/p+1. The third-order valence-corrected chi connectivity index (χ3v) is 6.77. The van der Waals surface area contributed by atoms with E-state index in [-0.39, 0.29) is 18.8 Å². The molecule has 1 aliphatic heterocycles. The van der Waals surface area contributed by atoms with Gasteiger partial charge in [-0.3, -0.25) is 10.1 Å². The highest BCUT2D eigenvalue weighted by atomic mass is 32.2. The van der Waals surface area contributed by atoms with Crippen LogP contribution in [0, 0.1) is 35.6 Å². The van der Waals surface area contributed by atoms with E-state index in [9.17, 15) is 27.3 Å². The molecule has 0 amide bonds. The number of nitro groups is 1. The Hall–Kier alpha value is -2.44. The number of halogens is 2. The van der Waals surface area contributed by atoms with Crippen LogP contribution < -0.4 is 4.90 Å². The number of benzene rings is 1. The van der Waals surface area contributed by atoms with E-state index in [1.165, 1.54) is 0 Å². The lowest BCUT2D eigenvalue weighted by molar-refractivity contribution is -0.926. The molecule has 2 aromatic rings. The van der Waals surface area contributed by atoms with Gasteiger partial charge in [-0.15, -0.1) is 0 Å². The molecule has 1 aromatic carbocycles. The molecule has 28 heavy (non-hydrogen) atoms. The summed E-state index contributed by atoms with van der Waals surface area (Å²) in [5.74, 6) is -1.96. The molecule has 152 valence electrons. The molecule has 1 aliphatic rings. The van der Waals surface area contributed by atoms with E-state index in [1.807, 2.05) is 0 Å². The summed E-state index contributed by atoms with van der Waals surface area (Å²) in [5, 5.41) is 15.3. The summed E-state index contributed by atoms with van der Waals surface area (Å²) in [6, 6.07) is 2.38. The van der Waals surface area contributed by atoms with E-state index < -0.39 is 31.5 Å². The topological polar surface area (TPSA) is 103 Å². The van der Waals surface area contributed by atoms with Crippen molar-refractivity contribution in [3.05, 3.63) is 51.3 Å². The van der Waals surface area contributed by atoms with Crippen LogP contribution in [0.25, 0.3) is 0 Å². The molecule has 0 bridgehead atoms. The average Bonchev–Trinajstić information content (AvgIpc) is 2.88. The summed E-state index contributed by atoms with van der Waals surface area (Å²) in [6.45, 7) is 4.70. The first-order chi connectivity index (χ1) is 13.1. The van der Waals surface area contributed by atoms with Gasteiger partial charge < -0.3 is 4.90 Å². The number of piperazine rings is 1. The molecule has 1 N–H and O–H groups in total. The van der Waals surface area contributed by atoms with Crippen LogP contribution in [0.5, 0.6) is 0 Å². The predicted molar refractivity (Wildman–Crippen MR) is 94.2 cm³/mol. The number of aromatic nitrogens is 2. The summed E-state index contributed by atoms with van der Waals surface area (Å²) < 4.78 is 54.9. The van der Waals surface area contributed by atoms with Gasteiger partial charge in [-0.05, 0) is 26.0 Å². The van der Waals surface area contributed by atoms with Gasteiger partial charge >= 0.3 is 5.69 Å². The van der Waals surface area contributed by atoms with E-state index in [0.29, 0.717) is 37.2 Å². The third-order valence-electron chi connectivity index (χ3n) is 4.84. The van der Waals surface area contributed by atoms with E-state index in [2.05, 4.69) is 5.10 Å². The first kappa shape index (κ1) is 20.3. The number of sulfonamides is 1. The van der Waals surface area contributed by atoms with E-state index >= 15 is 0 Å². The van der Waals surface area contributed by atoms with Crippen molar-refractivity contribution in [2.45, 2.75) is 25.4 Å². The van der Waals surface area contributed by atoms with E-state index in [0.717, 1.165) is 21.3 Å². The Labute approximate surface area is 160 Å². The summed E-state index contributed by atoms with van der Waals surface area (Å²) in [6.07, 6.45) is 0. The second-order valence-corrected chi connectivity index (χ2v) is 8.57. The lowest BCUT2D eigenvalue weighted by atomic mass is 10.3. The van der Waals surface area contributed by atoms with Crippen LogP contribution >= 0.6 is 0 Å². The number of hydrogen-bond acceptors (Lipinski definition) is 5. The number of quaternary nitrogens is 1. The first-order valence-electron chi connectivity index (χ1n) is 8.58. The second-order valence-electron chi connectivity index (χ2n) is 6.66. The highest BCUT2D eigenvalue weighted by Gasteiger charge is 2.33. The van der Waals surface area contributed by atoms with Crippen molar-refractivity contribution in [1.82, 2.24) is 14.1 Å². The molecular weight excluding hydrogens is 396 g/mol. The highest BCUT2D eigenvalue weighted by molar-refractivity contribution is 7.89. The zero-order chi connectivity index (χ0) is 20.6. The molecule has 0 aliphatic carbocycles. The van der Waals surface area contributed by atoms with Gasteiger partial charge in [-0.25, -0.2) is 21.9 Å². The van der Waals surface area contributed by atoms with Crippen LogP contribution in [-0.2, 0) is 16.7 Å². The van der Waals surface area contributed by atoms with Gasteiger partial charge in [0.1, 0.15) is 27.9 Å². The lowest BCUT2D eigenvalue weighted by Gasteiger charge is -2.31. The van der Waals surface area contributed by atoms with E-state index in [1.54, 1.807) is 18.5 Å². The van der Waals surface area contributed by atoms with Crippen LogP contribution in [0.4, 0.5) is 14.5 Å². The number of nitrogens with zero attached hydrogens (tertiary/aromatic N) is 4. The SMILES string of the molecule is Cc1nn(C[NH+]2CCN(S(=O)(=O)c3ccc(F)cc3F)CC2)c(C)c1[N+](=O)[O-].